The lowest BCUT2D eigenvalue weighted by atomic mass is 9.94. The molecule has 2 aromatic carbocycles. The number of aromatic nitrogens is 2. The molecular formula is C27H27N3O7. The van der Waals surface area contributed by atoms with Gasteiger partial charge in [0.2, 0.25) is 0 Å². The maximum atomic E-state index is 13.3. The van der Waals surface area contributed by atoms with Crippen LogP contribution in [0.5, 0.6) is 23.0 Å². The van der Waals surface area contributed by atoms with Crippen molar-refractivity contribution in [2.75, 3.05) is 26.4 Å². The number of amides is 1. The number of ether oxygens (including phenoxy) is 3. The fourth-order valence-corrected chi connectivity index (χ4v) is 4.62. The number of rotatable bonds is 8. The molecule has 0 unspecified atom stereocenters. The Morgan fingerprint density at radius 2 is 1.92 bits per heavy atom. The van der Waals surface area contributed by atoms with Crippen molar-refractivity contribution in [1.29, 1.82) is 0 Å². The molecule has 2 aliphatic heterocycles. The largest absolute Gasteiger partial charge is 0.507 e. The number of aliphatic hydroxyl groups is 1. The molecule has 5 rings (SSSR count). The number of ketones is 1. The molecule has 3 heterocycles. The van der Waals surface area contributed by atoms with Gasteiger partial charge in [0, 0.05) is 31.0 Å². The maximum Gasteiger partial charge on any atom is 0.295 e. The van der Waals surface area contributed by atoms with Gasteiger partial charge in [0.15, 0.2) is 23.0 Å². The van der Waals surface area contributed by atoms with E-state index in [2.05, 4.69) is 4.98 Å². The van der Waals surface area contributed by atoms with Crippen LogP contribution in [0.2, 0.25) is 0 Å². The summed E-state index contributed by atoms with van der Waals surface area (Å²) in [5, 5.41) is 21.6. The quantitative estimate of drug-likeness (QED) is 0.272. The number of phenolic OH excluding ortho intramolecular Hbond substituents is 1. The van der Waals surface area contributed by atoms with Crippen LogP contribution in [0.3, 0.4) is 0 Å². The molecular weight excluding hydrogens is 478 g/mol. The zero-order valence-corrected chi connectivity index (χ0v) is 20.3. The Balaban J connectivity index is 1.56. The normalized spacial score (nSPS) is 18.3. The van der Waals surface area contributed by atoms with Gasteiger partial charge < -0.3 is 33.9 Å². The van der Waals surface area contributed by atoms with Gasteiger partial charge in [-0.2, -0.15) is 0 Å². The molecule has 0 bridgehead atoms. The molecule has 10 heteroatoms. The average Bonchev–Trinajstić information content (AvgIpc) is 3.52. The minimum absolute atomic E-state index is 0.0440. The Hall–Kier alpha value is -4.47. The lowest BCUT2D eigenvalue weighted by Gasteiger charge is -2.26. The van der Waals surface area contributed by atoms with Gasteiger partial charge in [-0.1, -0.05) is 6.07 Å². The van der Waals surface area contributed by atoms with Gasteiger partial charge in [0.25, 0.3) is 11.7 Å². The molecule has 0 saturated carbocycles. The van der Waals surface area contributed by atoms with Gasteiger partial charge in [0.1, 0.15) is 19.0 Å². The number of carbonyl (C=O) groups is 2. The first-order valence-electron chi connectivity index (χ1n) is 12.1. The number of likely N-dealkylation sites (tertiary alicyclic amines) is 1. The molecule has 2 aliphatic rings. The maximum absolute atomic E-state index is 13.3. The second kappa shape index (κ2) is 10.3. The average molecular weight is 506 g/mol. The SMILES string of the molecule is CCOc1cc([C@@H]2/C(=C(\O)c3ccc4c(c3)OCCO4)C(=O)C(=O)N2CCCn2ccnc2)ccc1O. The van der Waals surface area contributed by atoms with E-state index in [0.717, 1.165) is 0 Å². The van der Waals surface area contributed by atoms with Crippen LogP contribution in [-0.4, -0.2) is 62.7 Å². The summed E-state index contributed by atoms with van der Waals surface area (Å²) < 4.78 is 18.6. The first-order valence-corrected chi connectivity index (χ1v) is 12.1. The summed E-state index contributed by atoms with van der Waals surface area (Å²) >= 11 is 0. The van der Waals surface area contributed by atoms with Crippen LogP contribution < -0.4 is 14.2 Å². The summed E-state index contributed by atoms with van der Waals surface area (Å²) in [5.74, 6) is -0.656. The summed E-state index contributed by atoms with van der Waals surface area (Å²) in [4.78, 5) is 32.0. The van der Waals surface area contributed by atoms with E-state index in [-0.39, 0.29) is 29.4 Å². The minimum atomic E-state index is -0.879. The van der Waals surface area contributed by atoms with Crippen LogP contribution in [-0.2, 0) is 16.1 Å². The summed E-state index contributed by atoms with van der Waals surface area (Å²) in [6.45, 7) is 3.75. The molecule has 0 spiro atoms. The van der Waals surface area contributed by atoms with E-state index in [1.54, 1.807) is 49.8 Å². The number of hydrogen-bond acceptors (Lipinski definition) is 8. The van der Waals surface area contributed by atoms with Gasteiger partial charge in [-0.05, 0) is 49.2 Å². The number of Topliss-reactive ketones (excluding diaryl/α,β-unsaturated/α-hetero) is 1. The molecule has 0 radical (unpaired) electrons. The van der Waals surface area contributed by atoms with Crippen LogP contribution >= 0.6 is 0 Å². The first-order chi connectivity index (χ1) is 18.0. The number of aromatic hydroxyl groups is 1. The molecule has 1 amide bonds. The molecule has 10 nitrogen and oxygen atoms in total. The Morgan fingerprint density at radius 3 is 2.68 bits per heavy atom. The zero-order valence-electron chi connectivity index (χ0n) is 20.3. The monoisotopic (exact) mass is 505 g/mol. The van der Waals surface area contributed by atoms with Crippen molar-refractivity contribution in [3.05, 3.63) is 71.8 Å². The third-order valence-electron chi connectivity index (χ3n) is 6.33. The van der Waals surface area contributed by atoms with E-state index in [9.17, 15) is 19.8 Å². The number of aliphatic hydroxyl groups excluding tert-OH is 1. The van der Waals surface area contributed by atoms with Gasteiger partial charge in [-0.15, -0.1) is 0 Å². The van der Waals surface area contributed by atoms with E-state index >= 15 is 0 Å². The van der Waals surface area contributed by atoms with Crippen molar-refractivity contribution in [2.24, 2.45) is 0 Å². The van der Waals surface area contributed by atoms with Gasteiger partial charge in [0.05, 0.1) is 24.5 Å². The molecule has 1 atom stereocenters. The fraction of sp³-hybridized carbons (Fsp3) is 0.296. The Morgan fingerprint density at radius 1 is 1.11 bits per heavy atom. The van der Waals surface area contributed by atoms with Crippen molar-refractivity contribution in [3.8, 4) is 23.0 Å². The van der Waals surface area contributed by atoms with Crippen LogP contribution in [0.1, 0.15) is 30.5 Å². The molecule has 1 aromatic heterocycles. The fourth-order valence-electron chi connectivity index (χ4n) is 4.62. The highest BCUT2D eigenvalue weighted by Gasteiger charge is 2.46. The molecule has 1 fully saturated rings. The van der Waals surface area contributed by atoms with Crippen LogP contribution in [0.15, 0.2) is 60.7 Å². The summed E-state index contributed by atoms with van der Waals surface area (Å²) in [5.41, 5.74) is 0.814. The van der Waals surface area contributed by atoms with Crippen molar-refractivity contribution >= 4 is 17.4 Å². The topological polar surface area (TPSA) is 123 Å². The predicted octanol–water partition coefficient (Wildman–Crippen LogP) is 3.27. The second-order valence-corrected chi connectivity index (χ2v) is 8.67. The van der Waals surface area contributed by atoms with Crippen molar-refractivity contribution < 1.29 is 34.0 Å². The van der Waals surface area contributed by atoms with Crippen molar-refractivity contribution in [3.63, 3.8) is 0 Å². The van der Waals surface area contributed by atoms with Gasteiger partial charge >= 0.3 is 0 Å². The number of aryl methyl sites for hydroxylation is 1. The number of fused-ring (bicyclic) bond motifs is 1. The minimum Gasteiger partial charge on any atom is -0.507 e. The first kappa shape index (κ1) is 24.2. The number of benzene rings is 2. The van der Waals surface area contributed by atoms with Crippen LogP contribution in [0.25, 0.3) is 5.76 Å². The van der Waals surface area contributed by atoms with E-state index in [0.29, 0.717) is 55.4 Å². The van der Waals surface area contributed by atoms with E-state index < -0.39 is 17.7 Å². The van der Waals surface area contributed by atoms with Crippen molar-refractivity contribution in [1.82, 2.24) is 14.5 Å². The van der Waals surface area contributed by atoms with Crippen LogP contribution in [0, 0.1) is 0 Å². The lowest BCUT2D eigenvalue weighted by molar-refractivity contribution is -0.139. The van der Waals surface area contributed by atoms with E-state index in [1.165, 1.54) is 11.0 Å². The Labute approximate surface area is 213 Å². The van der Waals surface area contributed by atoms with Crippen LogP contribution in [0.4, 0.5) is 0 Å². The predicted molar refractivity (Wildman–Crippen MR) is 133 cm³/mol. The molecule has 1 saturated heterocycles. The van der Waals surface area contributed by atoms with E-state index in [1.807, 2.05) is 10.8 Å². The molecule has 192 valence electrons. The summed E-state index contributed by atoms with van der Waals surface area (Å²) in [7, 11) is 0. The lowest BCUT2D eigenvalue weighted by Crippen LogP contribution is -2.31. The summed E-state index contributed by atoms with van der Waals surface area (Å²) in [6.07, 6.45) is 5.73. The second-order valence-electron chi connectivity index (χ2n) is 8.67. The molecule has 0 aliphatic carbocycles. The third kappa shape index (κ3) is 4.69. The Kier molecular flexibility index (Phi) is 6.72. The van der Waals surface area contributed by atoms with Crippen molar-refractivity contribution in [2.45, 2.75) is 25.9 Å². The number of carbonyl (C=O) groups excluding carboxylic acids is 2. The highest BCUT2D eigenvalue weighted by molar-refractivity contribution is 6.46. The smallest absolute Gasteiger partial charge is 0.295 e. The standard InChI is InChI=1S/C27H27N3O7/c1-2-35-21-14-17(4-6-19(21)31)24-23(25(32)18-5-7-20-22(15-18)37-13-12-36-20)26(33)27(34)30(24)10-3-9-29-11-8-28-16-29/h4-8,11,14-16,24,31-32H,2-3,9-10,12-13H2,1H3/b25-23+/t24-/m1/s1. The summed E-state index contributed by atoms with van der Waals surface area (Å²) in [6, 6.07) is 8.66. The third-order valence-corrected chi connectivity index (χ3v) is 6.33. The highest BCUT2D eigenvalue weighted by atomic mass is 16.6. The molecule has 2 N–H and O–H groups in total. The number of nitrogens with zero attached hydrogens (tertiary/aromatic N) is 3. The highest BCUT2D eigenvalue weighted by Crippen LogP contribution is 2.43. The number of phenols is 1. The van der Waals surface area contributed by atoms with Gasteiger partial charge in [-0.25, -0.2) is 4.98 Å². The zero-order chi connectivity index (χ0) is 25.9. The molecule has 3 aromatic rings. The van der Waals surface area contributed by atoms with E-state index in [4.69, 9.17) is 14.2 Å². The number of imidazole rings is 1. The Bertz CT molecular complexity index is 1350. The number of hydrogen-bond donors (Lipinski definition) is 2. The molecule has 37 heavy (non-hydrogen) atoms. The van der Waals surface area contributed by atoms with Gasteiger partial charge in [-0.3, -0.25) is 9.59 Å².